The SMILES string of the molecule is CCOC(=O)c1c2c(C(=O)c3ccc(Br)cc3)sc(SCC=C(C)C)c2n2ccc(C)cc12. The minimum absolute atomic E-state index is 0.0928. The maximum atomic E-state index is 13.7. The number of aromatic nitrogens is 1. The summed E-state index contributed by atoms with van der Waals surface area (Å²) in [6.07, 6.45) is 4.14. The number of thioether (sulfide) groups is 1. The van der Waals surface area contributed by atoms with E-state index in [4.69, 9.17) is 4.74 Å². The highest BCUT2D eigenvalue weighted by molar-refractivity contribution is 9.10. The molecule has 0 unspecified atom stereocenters. The lowest BCUT2D eigenvalue weighted by molar-refractivity contribution is 0.0531. The molecule has 4 rings (SSSR count). The van der Waals surface area contributed by atoms with Gasteiger partial charge in [0, 0.05) is 27.4 Å². The number of carbonyl (C=O) groups is 2. The molecule has 33 heavy (non-hydrogen) atoms. The van der Waals surface area contributed by atoms with Gasteiger partial charge in [-0.05, 0) is 69.7 Å². The van der Waals surface area contributed by atoms with Crippen molar-refractivity contribution >= 4 is 67.2 Å². The molecule has 0 fully saturated rings. The molecule has 4 aromatic rings. The summed E-state index contributed by atoms with van der Waals surface area (Å²) in [5.74, 6) is 0.293. The fraction of sp³-hybridized carbons (Fsp3) is 0.231. The Morgan fingerprint density at radius 1 is 1.18 bits per heavy atom. The highest BCUT2D eigenvalue weighted by atomic mass is 79.9. The van der Waals surface area contributed by atoms with Crippen molar-refractivity contribution in [3.05, 3.63) is 80.3 Å². The van der Waals surface area contributed by atoms with Crippen LogP contribution in [0, 0.1) is 6.92 Å². The first-order valence-electron chi connectivity index (χ1n) is 10.6. The zero-order valence-corrected chi connectivity index (χ0v) is 22.1. The van der Waals surface area contributed by atoms with Gasteiger partial charge in [-0.3, -0.25) is 4.79 Å². The Labute approximate surface area is 209 Å². The summed E-state index contributed by atoms with van der Waals surface area (Å²) in [4.78, 5) is 27.4. The van der Waals surface area contributed by atoms with Crippen LogP contribution in [0.1, 0.15) is 51.9 Å². The Morgan fingerprint density at radius 2 is 1.91 bits per heavy atom. The lowest BCUT2D eigenvalue weighted by Gasteiger charge is -2.05. The van der Waals surface area contributed by atoms with Crippen molar-refractivity contribution in [2.24, 2.45) is 0 Å². The molecule has 7 heteroatoms. The molecule has 4 nitrogen and oxygen atoms in total. The molecule has 0 aliphatic heterocycles. The first-order valence-corrected chi connectivity index (χ1v) is 13.2. The van der Waals surface area contributed by atoms with Crippen LogP contribution in [0.15, 0.2) is 62.9 Å². The van der Waals surface area contributed by atoms with E-state index in [0.29, 0.717) is 21.4 Å². The Bertz CT molecular complexity index is 1390. The number of hydrogen-bond acceptors (Lipinski definition) is 5. The van der Waals surface area contributed by atoms with Gasteiger partial charge in [-0.1, -0.05) is 27.6 Å². The molecule has 3 aromatic heterocycles. The quantitative estimate of drug-likeness (QED) is 0.104. The molecular weight excluding hydrogens is 518 g/mol. The molecule has 0 spiro atoms. The van der Waals surface area contributed by atoms with Crippen molar-refractivity contribution in [2.45, 2.75) is 31.9 Å². The van der Waals surface area contributed by atoms with Crippen LogP contribution < -0.4 is 0 Å². The topological polar surface area (TPSA) is 47.8 Å². The Hall–Kier alpha value is -2.35. The fourth-order valence-corrected chi connectivity index (χ4v) is 6.51. The van der Waals surface area contributed by atoms with Gasteiger partial charge in [-0.25, -0.2) is 4.79 Å². The second-order valence-corrected chi connectivity index (χ2v) is 11.2. The van der Waals surface area contributed by atoms with Gasteiger partial charge in [-0.15, -0.1) is 23.1 Å². The Kier molecular flexibility index (Phi) is 7.12. The molecule has 0 amide bonds. The second-order valence-electron chi connectivity index (χ2n) is 7.93. The summed E-state index contributed by atoms with van der Waals surface area (Å²) in [5.41, 5.74) is 4.98. The number of thiophene rings is 1. The number of halogens is 1. The van der Waals surface area contributed by atoms with Gasteiger partial charge in [-0.2, -0.15) is 0 Å². The fourth-order valence-electron chi connectivity index (χ4n) is 3.66. The summed E-state index contributed by atoms with van der Waals surface area (Å²) in [6, 6.07) is 11.3. The summed E-state index contributed by atoms with van der Waals surface area (Å²) < 4.78 is 9.38. The molecule has 3 heterocycles. The van der Waals surface area contributed by atoms with Gasteiger partial charge in [0.25, 0.3) is 0 Å². The number of pyridine rings is 1. The van der Waals surface area contributed by atoms with Crippen molar-refractivity contribution in [1.82, 2.24) is 4.40 Å². The van der Waals surface area contributed by atoms with E-state index in [1.807, 2.05) is 41.8 Å². The first kappa shape index (κ1) is 23.8. The normalized spacial score (nSPS) is 11.2. The number of ketones is 1. The third-order valence-corrected chi connectivity index (χ3v) is 8.10. The second kappa shape index (κ2) is 9.87. The molecule has 0 aliphatic rings. The number of ether oxygens (including phenoxy) is 1. The predicted octanol–water partition coefficient (Wildman–Crippen LogP) is 7.69. The maximum Gasteiger partial charge on any atom is 0.341 e. The van der Waals surface area contributed by atoms with Crippen LogP contribution in [-0.2, 0) is 4.74 Å². The predicted molar refractivity (Wildman–Crippen MR) is 141 cm³/mol. The number of hydrogen-bond donors (Lipinski definition) is 0. The number of aryl methyl sites for hydroxylation is 1. The molecule has 0 saturated carbocycles. The van der Waals surface area contributed by atoms with E-state index >= 15 is 0 Å². The van der Waals surface area contributed by atoms with Gasteiger partial charge in [0.15, 0.2) is 0 Å². The van der Waals surface area contributed by atoms with Crippen LogP contribution >= 0.6 is 39.0 Å². The van der Waals surface area contributed by atoms with Gasteiger partial charge in [0.05, 0.1) is 32.3 Å². The van der Waals surface area contributed by atoms with Gasteiger partial charge >= 0.3 is 5.97 Å². The average molecular weight is 543 g/mol. The summed E-state index contributed by atoms with van der Waals surface area (Å²) in [5, 5.41) is 0.677. The van der Waals surface area contributed by atoms with Crippen molar-refractivity contribution in [2.75, 3.05) is 12.4 Å². The number of esters is 1. The maximum absolute atomic E-state index is 13.7. The minimum Gasteiger partial charge on any atom is -0.462 e. The van der Waals surface area contributed by atoms with E-state index in [2.05, 4.69) is 35.9 Å². The molecule has 0 radical (unpaired) electrons. The van der Waals surface area contributed by atoms with Crippen molar-refractivity contribution in [1.29, 1.82) is 0 Å². The number of benzene rings is 1. The van der Waals surface area contributed by atoms with Crippen LogP contribution in [0.3, 0.4) is 0 Å². The van der Waals surface area contributed by atoms with Crippen molar-refractivity contribution in [3.8, 4) is 0 Å². The standard InChI is InChI=1S/C26H24BrNO3S2/c1-5-31-25(30)20-19-14-16(4)10-12-28(19)22-21(20)24(33-26(22)32-13-11-15(2)3)23(29)17-6-8-18(27)9-7-17/h6-12,14H,5,13H2,1-4H3. The van der Waals surface area contributed by atoms with E-state index in [1.54, 1.807) is 30.8 Å². The number of nitrogens with zero attached hydrogens (tertiary/aromatic N) is 1. The third-order valence-electron chi connectivity index (χ3n) is 5.21. The van der Waals surface area contributed by atoms with Crippen LogP contribution in [0.2, 0.25) is 0 Å². The Morgan fingerprint density at radius 3 is 2.58 bits per heavy atom. The van der Waals surface area contributed by atoms with Crippen molar-refractivity contribution < 1.29 is 14.3 Å². The summed E-state index contributed by atoms with van der Waals surface area (Å²) in [6.45, 7) is 8.20. The zero-order chi connectivity index (χ0) is 23.7. The number of allylic oxidation sites excluding steroid dienone is 1. The van der Waals surface area contributed by atoms with Gasteiger partial charge in [0.2, 0.25) is 5.78 Å². The molecule has 170 valence electrons. The first-order chi connectivity index (χ1) is 15.8. The zero-order valence-electron chi connectivity index (χ0n) is 18.9. The van der Waals surface area contributed by atoms with E-state index in [-0.39, 0.29) is 12.4 Å². The van der Waals surface area contributed by atoms with Crippen LogP contribution in [0.5, 0.6) is 0 Å². The lowest BCUT2D eigenvalue weighted by Crippen LogP contribution is -2.06. The van der Waals surface area contributed by atoms with Crippen molar-refractivity contribution in [3.63, 3.8) is 0 Å². The van der Waals surface area contributed by atoms with Crippen LogP contribution in [0.4, 0.5) is 0 Å². The molecule has 0 atom stereocenters. The number of rotatable bonds is 7. The molecular formula is C26H24BrNO3S2. The van der Waals surface area contributed by atoms with Crippen LogP contribution in [0.25, 0.3) is 16.4 Å². The minimum atomic E-state index is -0.404. The van der Waals surface area contributed by atoms with E-state index in [0.717, 1.165) is 31.0 Å². The highest BCUT2D eigenvalue weighted by Gasteiger charge is 2.29. The summed E-state index contributed by atoms with van der Waals surface area (Å²) in [7, 11) is 0. The lowest BCUT2D eigenvalue weighted by atomic mass is 10.1. The summed E-state index contributed by atoms with van der Waals surface area (Å²) >= 11 is 6.56. The largest absolute Gasteiger partial charge is 0.462 e. The molecule has 0 N–H and O–H groups in total. The highest BCUT2D eigenvalue weighted by Crippen LogP contribution is 2.44. The molecule has 1 aromatic carbocycles. The molecule has 0 bridgehead atoms. The van der Waals surface area contributed by atoms with Crippen LogP contribution in [-0.4, -0.2) is 28.5 Å². The van der Waals surface area contributed by atoms with Gasteiger partial charge < -0.3 is 9.14 Å². The average Bonchev–Trinajstić information content (AvgIpc) is 3.29. The monoisotopic (exact) mass is 541 g/mol. The molecule has 0 saturated heterocycles. The molecule has 0 aliphatic carbocycles. The number of fused-ring (bicyclic) bond motifs is 3. The van der Waals surface area contributed by atoms with E-state index < -0.39 is 5.97 Å². The van der Waals surface area contributed by atoms with E-state index in [1.165, 1.54) is 16.9 Å². The third kappa shape index (κ3) is 4.67. The Balaban J connectivity index is 2.02. The smallest absolute Gasteiger partial charge is 0.341 e. The number of carbonyl (C=O) groups excluding carboxylic acids is 2. The van der Waals surface area contributed by atoms with Gasteiger partial charge in [0.1, 0.15) is 0 Å². The van der Waals surface area contributed by atoms with E-state index in [9.17, 15) is 9.59 Å².